The van der Waals surface area contributed by atoms with Gasteiger partial charge in [0.15, 0.2) is 5.82 Å². The third kappa shape index (κ3) is 4.05. The van der Waals surface area contributed by atoms with Gasteiger partial charge in [-0.3, -0.25) is 0 Å². The Morgan fingerprint density at radius 1 is 1.22 bits per heavy atom. The van der Waals surface area contributed by atoms with Crippen molar-refractivity contribution < 1.29 is 4.74 Å². The summed E-state index contributed by atoms with van der Waals surface area (Å²) in [4.78, 5) is 10.5. The van der Waals surface area contributed by atoms with E-state index in [0.29, 0.717) is 23.1 Å². The van der Waals surface area contributed by atoms with Crippen LogP contribution in [0, 0.1) is 13.8 Å². The molecule has 6 heteroatoms. The highest BCUT2D eigenvalue weighted by Crippen LogP contribution is 2.33. The summed E-state index contributed by atoms with van der Waals surface area (Å²) in [6, 6.07) is 3.74. The molecule has 0 aliphatic heterocycles. The van der Waals surface area contributed by atoms with Gasteiger partial charge in [-0.25, -0.2) is 4.98 Å². The van der Waals surface area contributed by atoms with E-state index in [0.717, 1.165) is 35.5 Å². The van der Waals surface area contributed by atoms with Gasteiger partial charge in [-0.05, 0) is 43.5 Å². The Labute approximate surface area is 142 Å². The highest BCUT2D eigenvalue weighted by Gasteiger charge is 2.14. The van der Waals surface area contributed by atoms with Gasteiger partial charge in [0, 0.05) is 18.6 Å². The van der Waals surface area contributed by atoms with Crippen LogP contribution in [-0.2, 0) is 0 Å². The predicted octanol–water partition coefficient (Wildman–Crippen LogP) is 4.36. The number of benzene rings is 1. The zero-order chi connectivity index (χ0) is 17.0. The molecule has 0 aliphatic rings. The van der Waals surface area contributed by atoms with Gasteiger partial charge >= 0.3 is 0 Å². The Morgan fingerprint density at radius 3 is 2.48 bits per heavy atom. The SMILES string of the molecule is CCCCN(C)c1ncnc(Oc2cc(C)c(Cl)c(C)c2)c1N. The van der Waals surface area contributed by atoms with Crippen LogP contribution in [0.1, 0.15) is 30.9 Å². The van der Waals surface area contributed by atoms with Crippen molar-refractivity contribution in [2.24, 2.45) is 0 Å². The molecule has 1 aromatic heterocycles. The first-order chi connectivity index (χ1) is 10.9. The zero-order valence-corrected chi connectivity index (χ0v) is 14.8. The summed E-state index contributed by atoms with van der Waals surface area (Å²) in [5, 5.41) is 0.744. The molecular formula is C17H23ClN4O. The number of anilines is 2. The van der Waals surface area contributed by atoms with Crippen LogP contribution < -0.4 is 15.4 Å². The fourth-order valence-corrected chi connectivity index (χ4v) is 2.44. The van der Waals surface area contributed by atoms with Crippen molar-refractivity contribution in [2.75, 3.05) is 24.2 Å². The van der Waals surface area contributed by atoms with E-state index in [1.165, 1.54) is 6.33 Å². The van der Waals surface area contributed by atoms with Crippen molar-refractivity contribution in [3.05, 3.63) is 34.6 Å². The number of hydrogen-bond acceptors (Lipinski definition) is 5. The highest BCUT2D eigenvalue weighted by atomic mass is 35.5. The number of rotatable bonds is 6. The first kappa shape index (κ1) is 17.3. The van der Waals surface area contributed by atoms with E-state index >= 15 is 0 Å². The lowest BCUT2D eigenvalue weighted by Gasteiger charge is -2.20. The number of halogens is 1. The first-order valence-electron chi connectivity index (χ1n) is 7.70. The maximum Gasteiger partial charge on any atom is 0.248 e. The number of ether oxygens (including phenoxy) is 1. The number of hydrogen-bond donors (Lipinski definition) is 1. The van der Waals surface area contributed by atoms with Crippen LogP contribution in [-0.4, -0.2) is 23.6 Å². The molecule has 0 radical (unpaired) electrons. The summed E-state index contributed by atoms with van der Waals surface area (Å²) in [5.74, 6) is 1.71. The minimum Gasteiger partial charge on any atom is -0.437 e. The molecule has 2 N–H and O–H groups in total. The number of nitrogens with two attached hydrogens (primary N) is 1. The van der Waals surface area contributed by atoms with Gasteiger partial charge < -0.3 is 15.4 Å². The van der Waals surface area contributed by atoms with Gasteiger partial charge in [0.25, 0.3) is 0 Å². The van der Waals surface area contributed by atoms with E-state index in [-0.39, 0.29) is 0 Å². The molecular weight excluding hydrogens is 312 g/mol. The molecule has 0 spiro atoms. The molecule has 0 bridgehead atoms. The van der Waals surface area contributed by atoms with Crippen LogP contribution >= 0.6 is 11.6 Å². The highest BCUT2D eigenvalue weighted by molar-refractivity contribution is 6.32. The zero-order valence-electron chi connectivity index (χ0n) is 14.1. The molecule has 0 saturated carbocycles. The monoisotopic (exact) mass is 334 g/mol. The second-order valence-electron chi connectivity index (χ2n) is 5.66. The average molecular weight is 335 g/mol. The Balaban J connectivity index is 2.27. The van der Waals surface area contributed by atoms with E-state index in [2.05, 4.69) is 16.9 Å². The molecule has 5 nitrogen and oxygen atoms in total. The molecule has 0 saturated heterocycles. The number of nitrogen functional groups attached to an aromatic ring is 1. The van der Waals surface area contributed by atoms with E-state index < -0.39 is 0 Å². The van der Waals surface area contributed by atoms with Crippen LogP contribution in [0.2, 0.25) is 5.02 Å². The summed E-state index contributed by atoms with van der Waals surface area (Å²) in [7, 11) is 1.97. The van der Waals surface area contributed by atoms with Crippen LogP contribution in [0.5, 0.6) is 11.6 Å². The molecule has 124 valence electrons. The van der Waals surface area contributed by atoms with E-state index in [9.17, 15) is 0 Å². The Bertz CT molecular complexity index is 667. The van der Waals surface area contributed by atoms with Crippen LogP contribution in [0.25, 0.3) is 0 Å². The van der Waals surface area contributed by atoms with Crippen molar-refractivity contribution in [1.82, 2.24) is 9.97 Å². The van der Waals surface area contributed by atoms with Gasteiger partial charge in [-0.15, -0.1) is 0 Å². The van der Waals surface area contributed by atoms with Gasteiger partial charge in [0.05, 0.1) is 0 Å². The average Bonchev–Trinajstić information content (AvgIpc) is 2.52. The molecule has 2 aromatic rings. The molecule has 0 fully saturated rings. The molecule has 1 heterocycles. The minimum atomic E-state index is 0.361. The largest absolute Gasteiger partial charge is 0.437 e. The number of aromatic nitrogens is 2. The maximum absolute atomic E-state index is 6.19. The minimum absolute atomic E-state index is 0.361. The number of unbranched alkanes of at least 4 members (excludes halogenated alkanes) is 1. The standard InChI is InChI=1S/C17H23ClN4O/c1-5-6-7-22(4)16-15(19)17(21-10-20-16)23-13-8-11(2)14(18)12(3)9-13/h8-10H,5-7,19H2,1-4H3. The van der Waals surface area contributed by atoms with Gasteiger partial charge in [0.2, 0.25) is 5.88 Å². The van der Waals surface area contributed by atoms with Crippen molar-refractivity contribution in [1.29, 1.82) is 0 Å². The van der Waals surface area contributed by atoms with Gasteiger partial charge in [-0.1, -0.05) is 24.9 Å². The van der Waals surface area contributed by atoms with Crippen molar-refractivity contribution >= 4 is 23.1 Å². The third-order valence-electron chi connectivity index (χ3n) is 3.66. The number of aryl methyl sites for hydroxylation is 2. The summed E-state index contributed by atoms with van der Waals surface area (Å²) in [6.07, 6.45) is 3.66. The van der Waals surface area contributed by atoms with E-state index in [4.69, 9.17) is 22.1 Å². The van der Waals surface area contributed by atoms with E-state index in [1.54, 1.807) is 0 Å². The fourth-order valence-electron chi connectivity index (χ4n) is 2.33. The smallest absolute Gasteiger partial charge is 0.248 e. The molecule has 0 amide bonds. The molecule has 0 aliphatic carbocycles. The number of nitrogens with zero attached hydrogens (tertiary/aromatic N) is 3. The second kappa shape index (κ2) is 7.51. The van der Waals surface area contributed by atoms with Crippen molar-refractivity contribution in [2.45, 2.75) is 33.6 Å². The fraction of sp³-hybridized carbons (Fsp3) is 0.412. The second-order valence-corrected chi connectivity index (χ2v) is 6.04. The molecule has 0 unspecified atom stereocenters. The molecule has 0 atom stereocenters. The van der Waals surface area contributed by atoms with Crippen molar-refractivity contribution in [3.8, 4) is 11.6 Å². The predicted molar refractivity (Wildman–Crippen MR) is 95.6 cm³/mol. The quantitative estimate of drug-likeness (QED) is 0.850. The van der Waals surface area contributed by atoms with Gasteiger partial charge in [-0.2, -0.15) is 4.98 Å². The summed E-state index contributed by atoms with van der Waals surface area (Å²) < 4.78 is 5.86. The van der Waals surface area contributed by atoms with Crippen LogP contribution in [0.3, 0.4) is 0 Å². The van der Waals surface area contributed by atoms with Gasteiger partial charge in [0.1, 0.15) is 17.8 Å². The Kier molecular flexibility index (Phi) is 5.66. The summed E-state index contributed by atoms with van der Waals surface area (Å²) in [6.45, 7) is 6.91. The lowest BCUT2D eigenvalue weighted by Crippen LogP contribution is -2.21. The maximum atomic E-state index is 6.19. The topological polar surface area (TPSA) is 64.3 Å². The van der Waals surface area contributed by atoms with Crippen LogP contribution in [0.4, 0.5) is 11.5 Å². The lowest BCUT2D eigenvalue weighted by atomic mass is 10.1. The van der Waals surface area contributed by atoms with Crippen molar-refractivity contribution in [3.63, 3.8) is 0 Å². The molecule has 2 rings (SSSR count). The third-order valence-corrected chi connectivity index (χ3v) is 4.26. The molecule has 1 aromatic carbocycles. The van der Waals surface area contributed by atoms with E-state index in [1.807, 2.05) is 37.9 Å². The Hall–Kier alpha value is -2.01. The normalized spacial score (nSPS) is 10.7. The first-order valence-corrected chi connectivity index (χ1v) is 8.08. The summed E-state index contributed by atoms with van der Waals surface area (Å²) >= 11 is 6.19. The summed E-state index contributed by atoms with van der Waals surface area (Å²) in [5.41, 5.74) is 8.54. The Morgan fingerprint density at radius 2 is 1.87 bits per heavy atom. The lowest BCUT2D eigenvalue weighted by molar-refractivity contribution is 0.463. The molecule has 23 heavy (non-hydrogen) atoms. The van der Waals surface area contributed by atoms with Crippen LogP contribution in [0.15, 0.2) is 18.5 Å².